The SMILES string of the molecule is Cc1ccccc1S(=O)(=O)NC1CCN(Cc2ccccc2)CC1. The Balaban J connectivity index is 1.56. The number of benzene rings is 2. The maximum absolute atomic E-state index is 12.6. The molecule has 0 saturated carbocycles. The first-order valence-electron chi connectivity index (χ1n) is 8.39. The van der Waals surface area contributed by atoms with E-state index in [1.165, 1.54) is 5.56 Å². The zero-order chi connectivity index (χ0) is 17.0. The van der Waals surface area contributed by atoms with Crippen molar-refractivity contribution in [1.82, 2.24) is 9.62 Å². The zero-order valence-electron chi connectivity index (χ0n) is 14.0. The average Bonchev–Trinajstić information content (AvgIpc) is 2.58. The predicted molar refractivity (Wildman–Crippen MR) is 96.2 cm³/mol. The van der Waals surface area contributed by atoms with E-state index in [9.17, 15) is 8.42 Å². The van der Waals surface area contributed by atoms with Gasteiger partial charge in [-0.25, -0.2) is 13.1 Å². The monoisotopic (exact) mass is 344 g/mol. The van der Waals surface area contributed by atoms with Crippen LogP contribution in [-0.2, 0) is 16.6 Å². The number of piperidine rings is 1. The summed E-state index contributed by atoms with van der Waals surface area (Å²) >= 11 is 0. The second kappa shape index (κ2) is 7.47. The van der Waals surface area contributed by atoms with E-state index in [4.69, 9.17) is 0 Å². The van der Waals surface area contributed by atoms with E-state index < -0.39 is 10.0 Å². The van der Waals surface area contributed by atoms with Gasteiger partial charge in [-0.2, -0.15) is 0 Å². The van der Waals surface area contributed by atoms with Crippen molar-refractivity contribution in [3.8, 4) is 0 Å². The van der Waals surface area contributed by atoms with Crippen LogP contribution in [0.5, 0.6) is 0 Å². The van der Waals surface area contributed by atoms with Crippen LogP contribution in [0.2, 0.25) is 0 Å². The summed E-state index contributed by atoms with van der Waals surface area (Å²) in [7, 11) is -3.44. The molecule has 0 amide bonds. The topological polar surface area (TPSA) is 49.4 Å². The summed E-state index contributed by atoms with van der Waals surface area (Å²) in [6.45, 7) is 4.58. The molecule has 0 aliphatic carbocycles. The normalized spacial score (nSPS) is 17.0. The van der Waals surface area contributed by atoms with E-state index in [-0.39, 0.29) is 6.04 Å². The van der Waals surface area contributed by atoms with Gasteiger partial charge in [-0.05, 0) is 37.0 Å². The summed E-state index contributed by atoms with van der Waals surface area (Å²) in [6.07, 6.45) is 1.69. The number of aryl methyl sites for hydroxylation is 1. The molecule has 1 heterocycles. The van der Waals surface area contributed by atoms with Gasteiger partial charge in [0.05, 0.1) is 4.90 Å². The largest absolute Gasteiger partial charge is 0.299 e. The number of nitrogens with one attached hydrogen (secondary N) is 1. The van der Waals surface area contributed by atoms with Crippen molar-refractivity contribution in [2.45, 2.75) is 37.2 Å². The van der Waals surface area contributed by atoms with Crippen molar-refractivity contribution in [3.05, 3.63) is 65.7 Å². The van der Waals surface area contributed by atoms with Gasteiger partial charge in [0, 0.05) is 25.7 Å². The Kier molecular flexibility index (Phi) is 5.33. The Morgan fingerprint density at radius 2 is 1.62 bits per heavy atom. The fourth-order valence-electron chi connectivity index (χ4n) is 3.19. The van der Waals surface area contributed by atoms with E-state index in [0.717, 1.165) is 38.0 Å². The van der Waals surface area contributed by atoms with Crippen molar-refractivity contribution in [2.75, 3.05) is 13.1 Å². The van der Waals surface area contributed by atoms with Gasteiger partial charge in [0.2, 0.25) is 10.0 Å². The van der Waals surface area contributed by atoms with E-state index >= 15 is 0 Å². The molecule has 2 aromatic carbocycles. The highest BCUT2D eigenvalue weighted by Crippen LogP contribution is 2.18. The van der Waals surface area contributed by atoms with Crippen LogP contribution in [0, 0.1) is 6.92 Å². The minimum atomic E-state index is -3.44. The van der Waals surface area contributed by atoms with Gasteiger partial charge in [0.15, 0.2) is 0 Å². The molecular weight excluding hydrogens is 320 g/mol. The summed E-state index contributed by atoms with van der Waals surface area (Å²) in [5, 5.41) is 0. The third-order valence-corrected chi connectivity index (χ3v) is 6.22. The molecule has 128 valence electrons. The molecule has 1 aliphatic rings. The Morgan fingerprint density at radius 3 is 2.29 bits per heavy atom. The van der Waals surface area contributed by atoms with E-state index in [1.54, 1.807) is 12.1 Å². The minimum absolute atomic E-state index is 0.0154. The molecule has 5 heteroatoms. The fraction of sp³-hybridized carbons (Fsp3) is 0.368. The molecule has 0 unspecified atom stereocenters. The molecule has 0 aromatic heterocycles. The minimum Gasteiger partial charge on any atom is -0.299 e. The summed E-state index contributed by atoms with van der Waals surface area (Å²) in [4.78, 5) is 2.77. The van der Waals surface area contributed by atoms with Gasteiger partial charge in [-0.3, -0.25) is 4.90 Å². The Hall–Kier alpha value is -1.69. The standard InChI is InChI=1S/C19H24N2O2S/c1-16-7-5-6-10-19(16)24(22,23)20-18-11-13-21(14-12-18)15-17-8-3-2-4-9-17/h2-10,18,20H,11-15H2,1H3. The molecule has 1 N–H and O–H groups in total. The lowest BCUT2D eigenvalue weighted by Gasteiger charge is -2.32. The third kappa shape index (κ3) is 4.23. The zero-order valence-corrected chi connectivity index (χ0v) is 14.8. The molecule has 0 bridgehead atoms. The van der Waals surface area contributed by atoms with Crippen molar-refractivity contribution in [1.29, 1.82) is 0 Å². The fourth-order valence-corrected chi connectivity index (χ4v) is 4.74. The van der Waals surface area contributed by atoms with Crippen LogP contribution in [0.1, 0.15) is 24.0 Å². The van der Waals surface area contributed by atoms with Gasteiger partial charge >= 0.3 is 0 Å². The highest BCUT2D eigenvalue weighted by Gasteiger charge is 2.25. The first-order chi connectivity index (χ1) is 11.5. The van der Waals surface area contributed by atoms with Crippen LogP contribution >= 0.6 is 0 Å². The number of sulfonamides is 1. The number of nitrogens with zero attached hydrogens (tertiary/aromatic N) is 1. The van der Waals surface area contributed by atoms with Gasteiger partial charge in [-0.1, -0.05) is 48.5 Å². The summed E-state index contributed by atoms with van der Waals surface area (Å²) in [5.74, 6) is 0. The van der Waals surface area contributed by atoms with Crippen LogP contribution in [0.4, 0.5) is 0 Å². The van der Waals surface area contributed by atoms with Gasteiger partial charge in [0.1, 0.15) is 0 Å². The predicted octanol–water partition coefficient (Wildman–Crippen LogP) is 2.94. The third-order valence-electron chi connectivity index (χ3n) is 4.54. The molecule has 4 nitrogen and oxygen atoms in total. The molecule has 2 aromatic rings. The first kappa shape index (κ1) is 17.1. The van der Waals surface area contributed by atoms with Gasteiger partial charge in [-0.15, -0.1) is 0 Å². The summed E-state index contributed by atoms with van der Waals surface area (Å²) in [6, 6.07) is 17.5. The highest BCUT2D eigenvalue weighted by molar-refractivity contribution is 7.89. The lowest BCUT2D eigenvalue weighted by molar-refractivity contribution is 0.200. The molecule has 0 atom stereocenters. The molecule has 0 spiro atoms. The summed E-state index contributed by atoms with van der Waals surface area (Å²) in [5.41, 5.74) is 2.09. The number of hydrogen-bond donors (Lipinski definition) is 1. The van der Waals surface area contributed by atoms with E-state index in [2.05, 4.69) is 33.9 Å². The molecule has 24 heavy (non-hydrogen) atoms. The molecular formula is C19H24N2O2S. The lowest BCUT2D eigenvalue weighted by Crippen LogP contribution is -2.44. The number of rotatable bonds is 5. The first-order valence-corrected chi connectivity index (χ1v) is 9.87. The Morgan fingerprint density at radius 1 is 1.00 bits per heavy atom. The van der Waals surface area contributed by atoms with E-state index in [0.29, 0.717) is 4.90 Å². The van der Waals surface area contributed by atoms with Crippen molar-refractivity contribution < 1.29 is 8.42 Å². The van der Waals surface area contributed by atoms with Crippen LogP contribution < -0.4 is 4.72 Å². The van der Waals surface area contributed by atoms with Crippen molar-refractivity contribution in [3.63, 3.8) is 0 Å². The van der Waals surface area contributed by atoms with Gasteiger partial charge < -0.3 is 0 Å². The van der Waals surface area contributed by atoms with Crippen LogP contribution in [0.25, 0.3) is 0 Å². The van der Waals surface area contributed by atoms with E-state index in [1.807, 2.05) is 25.1 Å². The highest BCUT2D eigenvalue weighted by atomic mass is 32.2. The number of likely N-dealkylation sites (tertiary alicyclic amines) is 1. The van der Waals surface area contributed by atoms with Crippen LogP contribution in [0.3, 0.4) is 0 Å². The molecule has 1 saturated heterocycles. The quantitative estimate of drug-likeness (QED) is 0.907. The van der Waals surface area contributed by atoms with Crippen LogP contribution in [0.15, 0.2) is 59.5 Å². The van der Waals surface area contributed by atoms with Crippen LogP contribution in [-0.4, -0.2) is 32.4 Å². The second-order valence-electron chi connectivity index (χ2n) is 6.42. The molecule has 0 radical (unpaired) electrons. The second-order valence-corrected chi connectivity index (χ2v) is 8.11. The number of hydrogen-bond acceptors (Lipinski definition) is 3. The van der Waals surface area contributed by atoms with Crippen molar-refractivity contribution in [2.24, 2.45) is 0 Å². The average molecular weight is 344 g/mol. The molecule has 1 fully saturated rings. The maximum atomic E-state index is 12.6. The Labute approximate surface area is 144 Å². The summed E-state index contributed by atoms with van der Waals surface area (Å²) < 4.78 is 28.0. The Bertz CT molecular complexity index is 767. The van der Waals surface area contributed by atoms with Gasteiger partial charge in [0.25, 0.3) is 0 Å². The molecule has 1 aliphatic heterocycles. The smallest absolute Gasteiger partial charge is 0.241 e. The van der Waals surface area contributed by atoms with Crippen molar-refractivity contribution >= 4 is 10.0 Å². The molecule has 3 rings (SSSR count). The maximum Gasteiger partial charge on any atom is 0.241 e. The lowest BCUT2D eigenvalue weighted by atomic mass is 10.1.